The van der Waals surface area contributed by atoms with Crippen molar-refractivity contribution in [3.8, 4) is 11.1 Å². The van der Waals surface area contributed by atoms with Crippen LogP contribution >= 0.6 is 27.3 Å². The van der Waals surface area contributed by atoms with Crippen LogP contribution in [0.1, 0.15) is 0 Å². The van der Waals surface area contributed by atoms with E-state index in [-0.39, 0.29) is 5.82 Å². The van der Waals surface area contributed by atoms with Crippen molar-refractivity contribution < 1.29 is 4.39 Å². The van der Waals surface area contributed by atoms with Gasteiger partial charge in [0.25, 0.3) is 0 Å². The predicted molar refractivity (Wildman–Crippen MR) is 79.3 cm³/mol. The number of rotatable bonds is 1. The molecule has 2 aromatic carbocycles. The lowest BCUT2D eigenvalue weighted by Crippen LogP contribution is -1.87. The van der Waals surface area contributed by atoms with E-state index in [0.717, 1.165) is 25.7 Å². The Hall–Kier alpha value is -1.39. The van der Waals surface area contributed by atoms with Crippen LogP contribution in [0.4, 0.5) is 10.1 Å². The number of nitrogen functional groups attached to an aromatic ring is 1. The van der Waals surface area contributed by atoms with Gasteiger partial charge in [0.2, 0.25) is 0 Å². The van der Waals surface area contributed by atoms with Crippen LogP contribution in [0.3, 0.4) is 0 Å². The van der Waals surface area contributed by atoms with Crippen LogP contribution in [0.15, 0.2) is 46.3 Å². The maximum absolute atomic E-state index is 13.4. The topological polar surface area (TPSA) is 26.0 Å². The van der Waals surface area contributed by atoms with Crippen molar-refractivity contribution in [1.82, 2.24) is 0 Å². The Morgan fingerprint density at radius 3 is 2.78 bits per heavy atom. The summed E-state index contributed by atoms with van der Waals surface area (Å²) < 4.78 is 15.6. The van der Waals surface area contributed by atoms with Gasteiger partial charge in [0, 0.05) is 25.8 Å². The van der Waals surface area contributed by atoms with Crippen LogP contribution in [0.25, 0.3) is 21.2 Å². The third-order valence-corrected chi connectivity index (χ3v) is 4.74. The van der Waals surface area contributed by atoms with Crippen molar-refractivity contribution in [2.75, 3.05) is 5.73 Å². The molecule has 1 heterocycles. The van der Waals surface area contributed by atoms with Crippen LogP contribution in [0.2, 0.25) is 0 Å². The van der Waals surface area contributed by atoms with Crippen LogP contribution in [0.5, 0.6) is 0 Å². The predicted octanol–water partition coefficient (Wildman–Crippen LogP) is 5.05. The fourth-order valence-corrected chi connectivity index (χ4v) is 3.64. The van der Waals surface area contributed by atoms with Gasteiger partial charge in [-0.05, 0) is 51.1 Å². The average Bonchev–Trinajstić information content (AvgIpc) is 2.73. The summed E-state index contributed by atoms with van der Waals surface area (Å²) in [5.74, 6) is -0.306. The van der Waals surface area contributed by atoms with Gasteiger partial charge in [0.05, 0.1) is 0 Å². The molecule has 0 aliphatic carbocycles. The highest BCUT2D eigenvalue weighted by Gasteiger charge is 2.09. The van der Waals surface area contributed by atoms with Gasteiger partial charge in [-0.25, -0.2) is 4.39 Å². The van der Waals surface area contributed by atoms with Gasteiger partial charge < -0.3 is 5.73 Å². The molecule has 1 aromatic heterocycles. The van der Waals surface area contributed by atoms with Gasteiger partial charge in [0.15, 0.2) is 0 Å². The minimum Gasteiger partial charge on any atom is -0.399 e. The standard InChI is InChI=1S/C14H9BrFNS/c15-13-3-1-2-11-12(7-18-14(11)13)8-4-9(16)6-10(17)5-8/h1-7H,17H2. The molecule has 18 heavy (non-hydrogen) atoms. The third kappa shape index (κ3) is 1.91. The molecule has 0 atom stereocenters. The average molecular weight is 322 g/mol. The van der Waals surface area contributed by atoms with Crippen molar-refractivity contribution >= 4 is 43.0 Å². The van der Waals surface area contributed by atoms with E-state index in [1.807, 2.05) is 23.6 Å². The molecule has 90 valence electrons. The minimum atomic E-state index is -0.306. The molecule has 0 aliphatic rings. The lowest BCUT2D eigenvalue weighted by molar-refractivity contribution is 0.629. The van der Waals surface area contributed by atoms with Crippen LogP contribution in [-0.4, -0.2) is 0 Å². The van der Waals surface area contributed by atoms with Crippen molar-refractivity contribution in [1.29, 1.82) is 0 Å². The van der Waals surface area contributed by atoms with Gasteiger partial charge >= 0.3 is 0 Å². The summed E-state index contributed by atoms with van der Waals surface area (Å²) in [5.41, 5.74) is 7.97. The summed E-state index contributed by atoms with van der Waals surface area (Å²) in [4.78, 5) is 0. The van der Waals surface area contributed by atoms with Crippen LogP contribution < -0.4 is 5.73 Å². The molecule has 0 saturated heterocycles. The second kappa shape index (κ2) is 4.37. The first-order valence-electron chi connectivity index (χ1n) is 5.37. The molecule has 3 aromatic rings. The summed E-state index contributed by atoms with van der Waals surface area (Å²) in [6.45, 7) is 0. The van der Waals surface area contributed by atoms with Crippen molar-refractivity contribution in [3.05, 3.63) is 52.1 Å². The van der Waals surface area contributed by atoms with E-state index < -0.39 is 0 Å². The van der Waals surface area contributed by atoms with Crippen LogP contribution in [0, 0.1) is 5.82 Å². The highest BCUT2D eigenvalue weighted by molar-refractivity contribution is 9.10. The van der Waals surface area contributed by atoms with E-state index in [2.05, 4.69) is 15.9 Å². The first-order valence-corrected chi connectivity index (χ1v) is 7.04. The van der Waals surface area contributed by atoms with Gasteiger partial charge in [-0.2, -0.15) is 0 Å². The normalized spacial score (nSPS) is 11.0. The molecule has 0 amide bonds. The highest BCUT2D eigenvalue weighted by atomic mass is 79.9. The number of halogens is 2. The summed E-state index contributed by atoms with van der Waals surface area (Å²) in [6, 6.07) is 10.7. The number of benzene rings is 2. The van der Waals surface area contributed by atoms with Crippen molar-refractivity contribution in [2.24, 2.45) is 0 Å². The number of anilines is 1. The van der Waals surface area contributed by atoms with Gasteiger partial charge in [-0.3, -0.25) is 0 Å². The zero-order chi connectivity index (χ0) is 12.7. The Morgan fingerprint density at radius 2 is 2.00 bits per heavy atom. The Labute approximate surface area is 116 Å². The lowest BCUT2D eigenvalue weighted by atomic mass is 10.0. The summed E-state index contributed by atoms with van der Waals surface area (Å²) in [5, 5.41) is 3.14. The monoisotopic (exact) mass is 321 g/mol. The number of thiophene rings is 1. The molecule has 0 saturated carbocycles. The zero-order valence-electron chi connectivity index (χ0n) is 9.28. The number of hydrogen-bond acceptors (Lipinski definition) is 2. The molecular formula is C14H9BrFNS. The van der Waals surface area contributed by atoms with Crippen LogP contribution in [-0.2, 0) is 0 Å². The Morgan fingerprint density at radius 1 is 1.17 bits per heavy atom. The van der Waals surface area contributed by atoms with Gasteiger partial charge in [-0.15, -0.1) is 11.3 Å². The molecule has 0 bridgehead atoms. The first-order chi connectivity index (χ1) is 8.65. The largest absolute Gasteiger partial charge is 0.399 e. The van der Waals surface area contributed by atoms with E-state index >= 15 is 0 Å². The first kappa shape index (κ1) is 11.7. The number of hydrogen-bond donors (Lipinski definition) is 1. The summed E-state index contributed by atoms with van der Waals surface area (Å²) in [6.07, 6.45) is 0. The quantitative estimate of drug-likeness (QED) is 0.623. The SMILES string of the molecule is Nc1cc(F)cc(-c2csc3c(Br)cccc23)c1. The maximum Gasteiger partial charge on any atom is 0.125 e. The zero-order valence-corrected chi connectivity index (χ0v) is 11.7. The summed E-state index contributed by atoms with van der Waals surface area (Å²) in [7, 11) is 0. The van der Waals surface area contributed by atoms with Crippen molar-refractivity contribution in [2.45, 2.75) is 0 Å². The van der Waals surface area contributed by atoms with Gasteiger partial charge in [0.1, 0.15) is 5.82 Å². The highest BCUT2D eigenvalue weighted by Crippen LogP contribution is 2.38. The summed E-state index contributed by atoms with van der Waals surface area (Å²) >= 11 is 5.16. The Kier molecular flexibility index (Phi) is 2.84. The molecule has 0 spiro atoms. The Balaban J connectivity index is 2.29. The third-order valence-electron chi connectivity index (χ3n) is 2.78. The maximum atomic E-state index is 13.4. The molecule has 3 rings (SSSR count). The molecule has 2 N–H and O–H groups in total. The molecule has 1 nitrogen and oxygen atoms in total. The van der Waals surface area contributed by atoms with E-state index in [4.69, 9.17) is 5.73 Å². The fraction of sp³-hybridized carbons (Fsp3) is 0. The second-order valence-corrected chi connectivity index (χ2v) is 5.77. The van der Waals surface area contributed by atoms with E-state index in [9.17, 15) is 4.39 Å². The van der Waals surface area contributed by atoms with Gasteiger partial charge in [-0.1, -0.05) is 12.1 Å². The number of nitrogens with two attached hydrogens (primary N) is 1. The minimum absolute atomic E-state index is 0.306. The fourth-order valence-electron chi connectivity index (χ4n) is 2.01. The molecule has 0 aliphatic heterocycles. The molecular weight excluding hydrogens is 313 g/mol. The Bertz CT molecular complexity index is 715. The van der Waals surface area contributed by atoms with E-state index in [0.29, 0.717) is 5.69 Å². The number of fused-ring (bicyclic) bond motifs is 1. The second-order valence-electron chi connectivity index (χ2n) is 4.04. The van der Waals surface area contributed by atoms with E-state index in [1.54, 1.807) is 17.4 Å². The molecule has 0 unspecified atom stereocenters. The molecule has 0 radical (unpaired) electrons. The lowest BCUT2D eigenvalue weighted by Gasteiger charge is -2.03. The smallest absolute Gasteiger partial charge is 0.125 e. The molecule has 0 fully saturated rings. The van der Waals surface area contributed by atoms with E-state index in [1.165, 1.54) is 12.1 Å². The molecule has 4 heteroatoms. The van der Waals surface area contributed by atoms with Crippen molar-refractivity contribution in [3.63, 3.8) is 0 Å².